The molecule has 1 amide bonds. The van der Waals surface area contributed by atoms with Crippen LogP contribution in [0.15, 0.2) is 0 Å². The van der Waals surface area contributed by atoms with Crippen LogP contribution in [0.1, 0.15) is 12.8 Å². The molecule has 2 N–H and O–H groups in total. The van der Waals surface area contributed by atoms with Gasteiger partial charge in [0.05, 0.1) is 0 Å². The summed E-state index contributed by atoms with van der Waals surface area (Å²) in [5, 5.41) is 9.49. The van der Waals surface area contributed by atoms with E-state index in [-0.39, 0.29) is 0 Å². The third kappa shape index (κ3) is 5.47. The molecule has 0 heterocycles. The highest BCUT2D eigenvalue weighted by atomic mass is 19.4. The zero-order valence-electron chi connectivity index (χ0n) is 7.72. The van der Waals surface area contributed by atoms with Gasteiger partial charge in [-0.1, -0.05) is 0 Å². The van der Waals surface area contributed by atoms with E-state index in [4.69, 9.17) is 5.11 Å². The number of carbonyl (C=O) groups is 2. The largest absolute Gasteiger partial charge is 0.480 e. The molecule has 0 aromatic heterocycles. The van der Waals surface area contributed by atoms with E-state index in [0.717, 1.165) is 5.32 Å². The topological polar surface area (TPSA) is 66.4 Å². The maximum atomic E-state index is 11.7. The fourth-order valence-electron chi connectivity index (χ4n) is 0.790. The number of alkyl halides is 5. The normalized spacial score (nSPS) is 13.6. The van der Waals surface area contributed by atoms with E-state index in [1.54, 1.807) is 0 Å². The lowest BCUT2D eigenvalue weighted by Gasteiger charge is -2.15. The summed E-state index contributed by atoms with van der Waals surface area (Å²) in [7, 11) is 0. The zero-order valence-corrected chi connectivity index (χ0v) is 7.72. The van der Waals surface area contributed by atoms with Crippen LogP contribution < -0.4 is 5.32 Å². The van der Waals surface area contributed by atoms with Gasteiger partial charge in [-0.25, -0.2) is 13.6 Å². The smallest absolute Gasteiger partial charge is 0.471 e. The Morgan fingerprint density at radius 2 is 1.69 bits per heavy atom. The summed E-state index contributed by atoms with van der Waals surface area (Å²) in [6, 6.07) is -1.97. The number of carboxylic acid groups (broad SMARTS) is 1. The van der Waals surface area contributed by atoms with E-state index in [0.29, 0.717) is 0 Å². The van der Waals surface area contributed by atoms with Crippen molar-refractivity contribution in [2.24, 2.45) is 0 Å². The molecule has 0 rings (SSSR count). The molecule has 9 heteroatoms. The second kappa shape index (κ2) is 5.61. The van der Waals surface area contributed by atoms with Crippen molar-refractivity contribution in [3.05, 3.63) is 0 Å². The molecule has 1 unspecified atom stereocenters. The number of amides is 1. The van der Waals surface area contributed by atoms with Crippen LogP contribution in [0.3, 0.4) is 0 Å². The van der Waals surface area contributed by atoms with E-state index < -0.39 is 43.4 Å². The number of rotatable bonds is 5. The van der Waals surface area contributed by atoms with Gasteiger partial charge < -0.3 is 10.4 Å². The maximum Gasteiger partial charge on any atom is 0.471 e. The van der Waals surface area contributed by atoms with Crippen molar-refractivity contribution in [3.8, 4) is 0 Å². The van der Waals surface area contributed by atoms with Crippen molar-refractivity contribution >= 4 is 11.9 Å². The molecule has 0 spiro atoms. The first-order valence-corrected chi connectivity index (χ1v) is 4.03. The first kappa shape index (κ1) is 14.6. The van der Waals surface area contributed by atoms with Crippen molar-refractivity contribution in [1.82, 2.24) is 5.32 Å². The van der Waals surface area contributed by atoms with Gasteiger partial charge in [0, 0.05) is 6.42 Å². The van der Waals surface area contributed by atoms with Gasteiger partial charge in [0.2, 0.25) is 6.43 Å². The lowest BCUT2D eigenvalue weighted by Crippen LogP contribution is -2.46. The first-order valence-electron chi connectivity index (χ1n) is 4.03. The summed E-state index contributed by atoms with van der Waals surface area (Å²) in [6.07, 6.45) is -9.76. The summed E-state index contributed by atoms with van der Waals surface area (Å²) in [6.45, 7) is 0. The predicted molar refractivity (Wildman–Crippen MR) is 40.9 cm³/mol. The fraction of sp³-hybridized carbons (Fsp3) is 0.714. The molecule has 94 valence electrons. The molecule has 0 saturated heterocycles. The number of hydrogen-bond donors (Lipinski definition) is 2. The zero-order chi connectivity index (χ0) is 12.9. The maximum absolute atomic E-state index is 11.7. The van der Waals surface area contributed by atoms with Crippen molar-refractivity contribution in [2.45, 2.75) is 31.5 Å². The Hall–Kier alpha value is -1.41. The van der Waals surface area contributed by atoms with Gasteiger partial charge in [-0.05, 0) is 6.42 Å². The van der Waals surface area contributed by atoms with Crippen molar-refractivity contribution in [3.63, 3.8) is 0 Å². The van der Waals surface area contributed by atoms with Crippen LogP contribution >= 0.6 is 0 Å². The minimum Gasteiger partial charge on any atom is -0.480 e. The average Bonchev–Trinajstić information content (AvgIpc) is 2.09. The molecule has 0 fully saturated rings. The number of hydrogen-bond acceptors (Lipinski definition) is 2. The highest BCUT2D eigenvalue weighted by molar-refractivity contribution is 5.86. The standard InChI is InChI=1S/C7H8F5NO3/c8-4(9)2-1-3(5(14)15)13-6(16)7(10,11)12/h3-4H,1-2H2,(H,13,16)(H,14,15). The monoisotopic (exact) mass is 249 g/mol. The number of halogens is 5. The van der Waals surface area contributed by atoms with E-state index in [2.05, 4.69) is 0 Å². The molecule has 0 aromatic rings. The Morgan fingerprint density at radius 3 is 2.00 bits per heavy atom. The Bertz CT molecular complexity index is 265. The second-order valence-corrected chi connectivity index (χ2v) is 2.83. The van der Waals surface area contributed by atoms with E-state index in [1.807, 2.05) is 0 Å². The number of carbonyl (C=O) groups excluding carboxylic acids is 1. The molecule has 16 heavy (non-hydrogen) atoms. The Kier molecular flexibility index (Phi) is 5.12. The van der Waals surface area contributed by atoms with Gasteiger partial charge in [0.1, 0.15) is 6.04 Å². The van der Waals surface area contributed by atoms with Gasteiger partial charge in [0.25, 0.3) is 0 Å². The summed E-state index contributed by atoms with van der Waals surface area (Å²) in [5.41, 5.74) is 0. The molecule has 4 nitrogen and oxygen atoms in total. The SMILES string of the molecule is O=C(O)C(CCC(F)F)NC(=O)C(F)(F)F. The molecule has 0 aliphatic heterocycles. The van der Waals surface area contributed by atoms with Crippen LogP contribution in [0, 0.1) is 0 Å². The van der Waals surface area contributed by atoms with Gasteiger partial charge in [0.15, 0.2) is 0 Å². The van der Waals surface area contributed by atoms with Crippen LogP contribution in [0.2, 0.25) is 0 Å². The van der Waals surface area contributed by atoms with Crippen molar-refractivity contribution in [1.29, 1.82) is 0 Å². The Balaban J connectivity index is 4.35. The molecule has 1 atom stereocenters. The van der Waals surface area contributed by atoms with Crippen LogP contribution in [-0.2, 0) is 9.59 Å². The van der Waals surface area contributed by atoms with Crippen LogP contribution in [0.5, 0.6) is 0 Å². The van der Waals surface area contributed by atoms with Gasteiger partial charge in [-0.2, -0.15) is 13.2 Å². The molecular weight excluding hydrogens is 241 g/mol. The quantitative estimate of drug-likeness (QED) is 0.718. The van der Waals surface area contributed by atoms with Crippen molar-refractivity contribution < 1.29 is 36.6 Å². The summed E-state index contributed by atoms with van der Waals surface area (Å²) >= 11 is 0. The Labute approximate surface area is 86.4 Å². The molecule has 0 aliphatic carbocycles. The summed E-state index contributed by atoms with van der Waals surface area (Å²) < 4.78 is 58.6. The highest BCUT2D eigenvalue weighted by Crippen LogP contribution is 2.15. The third-order valence-corrected chi connectivity index (χ3v) is 1.53. The van der Waals surface area contributed by atoms with Gasteiger partial charge >= 0.3 is 18.1 Å². The minimum atomic E-state index is -5.24. The third-order valence-electron chi connectivity index (χ3n) is 1.53. The van der Waals surface area contributed by atoms with E-state index in [1.165, 1.54) is 0 Å². The van der Waals surface area contributed by atoms with Crippen LogP contribution in [0.25, 0.3) is 0 Å². The van der Waals surface area contributed by atoms with Crippen molar-refractivity contribution in [2.75, 3.05) is 0 Å². The van der Waals surface area contributed by atoms with Crippen LogP contribution in [0.4, 0.5) is 22.0 Å². The highest BCUT2D eigenvalue weighted by Gasteiger charge is 2.40. The fourth-order valence-corrected chi connectivity index (χ4v) is 0.790. The lowest BCUT2D eigenvalue weighted by atomic mass is 10.1. The van der Waals surface area contributed by atoms with E-state index in [9.17, 15) is 31.5 Å². The Morgan fingerprint density at radius 1 is 1.19 bits per heavy atom. The second-order valence-electron chi connectivity index (χ2n) is 2.83. The molecule has 0 aromatic carbocycles. The van der Waals surface area contributed by atoms with Gasteiger partial charge in [-0.15, -0.1) is 0 Å². The average molecular weight is 249 g/mol. The first-order chi connectivity index (χ1) is 7.14. The molecule has 0 saturated carbocycles. The number of aliphatic carboxylic acids is 1. The molecular formula is C7H8F5NO3. The number of carboxylic acids is 1. The predicted octanol–water partition coefficient (Wildman–Crippen LogP) is 1.16. The molecule has 0 radical (unpaired) electrons. The minimum absolute atomic E-state index is 0.769. The molecule has 0 bridgehead atoms. The summed E-state index contributed by atoms with van der Waals surface area (Å²) in [4.78, 5) is 20.7. The number of nitrogens with one attached hydrogen (secondary N) is 1. The lowest BCUT2D eigenvalue weighted by molar-refractivity contribution is -0.175. The van der Waals surface area contributed by atoms with E-state index >= 15 is 0 Å². The van der Waals surface area contributed by atoms with Crippen LogP contribution in [-0.4, -0.2) is 35.6 Å². The molecule has 0 aliphatic rings. The summed E-state index contributed by atoms with van der Waals surface area (Å²) in [5.74, 6) is -4.26. The van der Waals surface area contributed by atoms with Gasteiger partial charge in [-0.3, -0.25) is 4.79 Å².